The van der Waals surface area contributed by atoms with Crippen LogP contribution in [0.3, 0.4) is 0 Å². The topological polar surface area (TPSA) is 98.2 Å². The smallest absolute Gasteiger partial charge is 0.254 e. The van der Waals surface area contributed by atoms with E-state index in [0.717, 1.165) is 5.69 Å². The number of anilines is 2. The van der Waals surface area contributed by atoms with Crippen LogP contribution in [0.4, 0.5) is 15.9 Å². The third kappa shape index (κ3) is 2.95. The summed E-state index contributed by atoms with van der Waals surface area (Å²) in [4.78, 5) is 19.7. The molecule has 1 amide bonds. The summed E-state index contributed by atoms with van der Waals surface area (Å²) in [6.07, 6.45) is 1.39. The minimum atomic E-state index is -0.493. The van der Waals surface area contributed by atoms with Crippen LogP contribution in [0.25, 0.3) is 17.0 Å². The molecule has 0 aliphatic heterocycles. The highest BCUT2D eigenvalue weighted by molar-refractivity contribution is 5.93. The average molecular weight is 348 g/mol. The van der Waals surface area contributed by atoms with Gasteiger partial charge in [-0.25, -0.2) is 4.39 Å². The van der Waals surface area contributed by atoms with Crippen molar-refractivity contribution in [1.82, 2.24) is 19.6 Å². The number of hydrogen-bond donors (Lipinski definition) is 2. The molecule has 0 atom stereocenters. The molecule has 0 unspecified atom stereocenters. The lowest BCUT2D eigenvalue weighted by Crippen LogP contribution is -2.10. The van der Waals surface area contributed by atoms with Crippen LogP contribution in [-0.2, 0) is 0 Å². The number of halogens is 1. The summed E-state index contributed by atoms with van der Waals surface area (Å²) in [7, 11) is 0. The molecular weight excluding hydrogens is 335 g/mol. The van der Waals surface area contributed by atoms with Crippen molar-refractivity contribution in [3.05, 3.63) is 72.3 Å². The van der Waals surface area contributed by atoms with Crippen molar-refractivity contribution in [3.8, 4) is 11.3 Å². The molecular formula is C18H13FN6O. The van der Waals surface area contributed by atoms with Gasteiger partial charge in [0.15, 0.2) is 0 Å². The van der Waals surface area contributed by atoms with Gasteiger partial charge in [-0.15, -0.1) is 0 Å². The van der Waals surface area contributed by atoms with E-state index in [1.165, 1.54) is 23.0 Å². The molecule has 4 rings (SSSR count). The maximum Gasteiger partial charge on any atom is 0.254 e. The summed E-state index contributed by atoms with van der Waals surface area (Å²) in [6.45, 7) is 0. The Hall–Kier alpha value is -3.81. The van der Waals surface area contributed by atoms with Crippen molar-refractivity contribution in [2.45, 2.75) is 0 Å². The number of hydrogen-bond acceptors (Lipinski definition) is 5. The second-order valence-corrected chi connectivity index (χ2v) is 5.58. The van der Waals surface area contributed by atoms with Gasteiger partial charge in [-0.1, -0.05) is 12.1 Å². The molecule has 4 aromatic rings. The number of amides is 1. The SMILES string of the molecule is NC(=O)c1ccc(Nc2cc(-c3cccc(F)c3)n3ncnc3n2)cc1. The highest BCUT2D eigenvalue weighted by atomic mass is 19.1. The minimum absolute atomic E-state index is 0.343. The van der Waals surface area contributed by atoms with E-state index in [4.69, 9.17) is 5.73 Å². The highest BCUT2D eigenvalue weighted by Crippen LogP contribution is 2.24. The van der Waals surface area contributed by atoms with Crippen molar-refractivity contribution in [2.24, 2.45) is 5.73 Å². The predicted molar refractivity (Wildman–Crippen MR) is 94.4 cm³/mol. The first kappa shape index (κ1) is 15.7. The van der Waals surface area contributed by atoms with Crippen LogP contribution in [0.2, 0.25) is 0 Å². The first-order valence-corrected chi connectivity index (χ1v) is 7.74. The summed E-state index contributed by atoms with van der Waals surface area (Å²) in [5.74, 6) is 0.0525. The number of benzene rings is 2. The van der Waals surface area contributed by atoms with Crippen molar-refractivity contribution in [2.75, 3.05) is 5.32 Å². The van der Waals surface area contributed by atoms with Gasteiger partial charge in [0.25, 0.3) is 5.78 Å². The van der Waals surface area contributed by atoms with E-state index in [-0.39, 0.29) is 5.82 Å². The third-order valence-corrected chi connectivity index (χ3v) is 3.81. The van der Waals surface area contributed by atoms with Gasteiger partial charge >= 0.3 is 0 Å². The van der Waals surface area contributed by atoms with Crippen molar-refractivity contribution >= 4 is 23.2 Å². The van der Waals surface area contributed by atoms with Crippen LogP contribution in [0, 0.1) is 5.82 Å². The molecule has 128 valence electrons. The molecule has 0 saturated heterocycles. The predicted octanol–water partition coefficient (Wildman–Crippen LogP) is 2.77. The lowest BCUT2D eigenvalue weighted by atomic mass is 10.1. The quantitative estimate of drug-likeness (QED) is 0.591. The fourth-order valence-electron chi connectivity index (χ4n) is 2.60. The van der Waals surface area contributed by atoms with E-state index in [0.29, 0.717) is 28.4 Å². The summed E-state index contributed by atoms with van der Waals surface area (Å²) in [6, 6.07) is 14.6. The fourth-order valence-corrected chi connectivity index (χ4v) is 2.60. The first-order valence-electron chi connectivity index (χ1n) is 7.74. The Morgan fingerprint density at radius 1 is 1.12 bits per heavy atom. The Morgan fingerprint density at radius 2 is 1.92 bits per heavy atom. The second kappa shape index (κ2) is 6.25. The molecule has 0 saturated carbocycles. The molecule has 2 aromatic carbocycles. The molecule has 0 fully saturated rings. The largest absolute Gasteiger partial charge is 0.366 e. The van der Waals surface area contributed by atoms with Crippen LogP contribution in [0.1, 0.15) is 10.4 Å². The molecule has 0 aliphatic carbocycles. The molecule has 0 bridgehead atoms. The highest BCUT2D eigenvalue weighted by Gasteiger charge is 2.11. The van der Waals surface area contributed by atoms with Crippen LogP contribution < -0.4 is 11.1 Å². The number of rotatable bonds is 4. The van der Waals surface area contributed by atoms with Gasteiger partial charge in [0.2, 0.25) is 5.91 Å². The van der Waals surface area contributed by atoms with Crippen molar-refractivity contribution in [1.29, 1.82) is 0 Å². The zero-order chi connectivity index (χ0) is 18.1. The van der Waals surface area contributed by atoms with Gasteiger partial charge in [-0.3, -0.25) is 4.79 Å². The van der Waals surface area contributed by atoms with E-state index in [1.807, 2.05) is 0 Å². The Labute approximate surface area is 147 Å². The van der Waals surface area contributed by atoms with E-state index in [1.54, 1.807) is 42.5 Å². The van der Waals surface area contributed by atoms with Crippen molar-refractivity contribution < 1.29 is 9.18 Å². The van der Waals surface area contributed by atoms with Crippen molar-refractivity contribution in [3.63, 3.8) is 0 Å². The minimum Gasteiger partial charge on any atom is -0.366 e. The number of nitrogens with zero attached hydrogens (tertiary/aromatic N) is 4. The zero-order valence-electron chi connectivity index (χ0n) is 13.4. The van der Waals surface area contributed by atoms with Crippen LogP contribution >= 0.6 is 0 Å². The number of fused-ring (bicyclic) bond motifs is 1. The van der Waals surface area contributed by atoms with Gasteiger partial charge < -0.3 is 11.1 Å². The zero-order valence-corrected chi connectivity index (χ0v) is 13.4. The molecule has 8 heteroatoms. The monoisotopic (exact) mass is 348 g/mol. The fraction of sp³-hybridized carbons (Fsp3) is 0. The summed E-state index contributed by atoms with van der Waals surface area (Å²) >= 11 is 0. The van der Waals surface area contributed by atoms with Gasteiger partial charge in [-0.05, 0) is 36.4 Å². The van der Waals surface area contributed by atoms with Gasteiger partial charge in [0.1, 0.15) is 18.0 Å². The number of nitrogens with two attached hydrogens (primary N) is 1. The standard InChI is InChI=1S/C18H13FN6O/c19-13-3-1-2-12(8-13)15-9-16(24-18-21-10-22-25(15)18)23-14-6-4-11(5-7-14)17(20)26/h1-10H,(H2,20,26)(H,21,22,23,24). The summed E-state index contributed by atoms with van der Waals surface area (Å²) in [5.41, 5.74) is 7.67. The molecule has 2 heterocycles. The molecule has 7 nitrogen and oxygen atoms in total. The molecule has 0 spiro atoms. The van der Waals surface area contributed by atoms with E-state index >= 15 is 0 Å². The first-order chi connectivity index (χ1) is 12.6. The Kier molecular flexibility index (Phi) is 3.77. The molecule has 26 heavy (non-hydrogen) atoms. The van der Waals surface area contributed by atoms with Crippen LogP contribution in [0.5, 0.6) is 0 Å². The van der Waals surface area contributed by atoms with E-state index in [9.17, 15) is 9.18 Å². The Morgan fingerprint density at radius 3 is 2.65 bits per heavy atom. The number of carbonyl (C=O) groups is 1. The maximum absolute atomic E-state index is 13.6. The number of nitrogens with one attached hydrogen (secondary N) is 1. The molecule has 2 aromatic heterocycles. The number of primary amides is 1. The number of aromatic nitrogens is 4. The van der Waals surface area contributed by atoms with Crippen LogP contribution in [0.15, 0.2) is 60.9 Å². The number of carbonyl (C=O) groups excluding carboxylic acids is 1. The van der Waals surface area contributed by atoms with Gasteiger partial charge in [-0.2, -0.15) is 19.6 Å². The van der Waals surface area contributed by atoms with E-state index < -0.39 is 5.91 Å². The second-order valence-electron chi connectivity index (χ2n) is 5.58. The Balaban J connectivity index is 1.75. The normalized spacial score (nSPS) is 10.8. The lowest BCUT2D eigenvalue weighted by Gasteiger charge is -2.10. The molecule has 0 aliphatic rings. The molecule has 3 N–H and O–H groups in total. The average Bonchev–Trinajstić information content (AvgIpc) is 3.10. The van der Waals surface area contributed by atoms with Crippen LogP contribution in [-0.4, -0.2) is 25.5 Å². The molecule has 0 radical (unpaired) electrons. The summed E-state index contributed by atoms with van der Waals surface area (Å²) < 4.78 is 15.2. The van der Waals surface area contributed by atoms with Gasteiger partial charge in [0.05, 0.1) is 5.69 Å². The maximum atomic E-state index is 13.6. The van der Waals surface area contributed by atoms with E-state index in [2.05, 4.69) is 20.4 Å². The third-order valence-electron chi connectivity index (χ3n) is 3.81. The summed E-state index contributed by atoms with van der Waals surface area (Å²) in [5, 5.41) is 7.28. The Bertz CT molecular complexity index is 1110. The lowest BCUT2D eigenvalue weighted by molar-refractivity contribution is 0.100. The van der Waals surface area contributed by atoms with Gasteiger partial charge in [0, 0.05) is 22.9 Å².